The fraction of sp³-hybridized carbons (Fsp3) is 0.733. The number of nitrogens with zero attached hydrogens (tertiary/aromatic N) is 2. The molecule has 2 N–H and O–H groups in total. The number of carbonyl (C=O) groups is 1. The molecule has 0 saturated heterocycles. The van der Waals surface area contributed by atoms with Crippen LogP contribution in [-0.4, -0.2) is 33.2 Å². The summed E-state index contributed by atoms with van der Waals surface area (Å²) in [5, 5.41) is 12.1. The fourth-order valence-corrected chi connectivity index (χ4v) is 2.37. The van der Waals surface area contributed by atoms with Gasteiger partial charge in [-0.2, -0.15) is 0 Å². The number of aliphatic hydroxyl groups excluding tert-OH is 1. The Morgan fingerprint density at radius 1 is 1.40 bits per heavy atom. The summed E-state index contributed by atoms with van der Waals surface area (Å²) in [5.74, 6) is 0.369. The van der Waals surface area contributed by atoms with E-state index in [0.717, 1.165) is 12.8 Å². The molecule has 1 aromatic rings. The largest absolute Gasteiger partial charge is 0.396 e. The minimum atomic E-state index is 0.0394. The van der Waals surface area contributed by atoms with E-state index in [1.807, 2.05) is 10.8 Å². The number of hydrogen-bond acceptors (Lipinski definition) is 3. The van der Waals surface area contributed by atoms with Crippen LogP contribution in [0.15, 0.2) is 18.7 Å². The lowest BCUT2D eigenvalue weighted by atomic mass is 10.0. The quantitative estimate of drug-likeness (QED) is 0.728. The van der Waals surface area contributed by atoms with E-state index in [9.17, 15) is 4.79 Å². The van der Waals surface area contributed by atoms with E-state index in [0.29, 0.717) is 18.8 Å². The molecular weight excluding hydrogens is 254 g/mol. The zero-order valence-corrected chi connectivity index (χ0v) is 12.7. The predicted octanol–water partition coefficient (Wildman–Crippen LogP) is 2.14. The third-order valence-electron chi connectivity index (χ3n) is 3.58. The van der Waals surface area contributed by atoms with Crippen molar-refractivity contribution in [3.63, 3.8) is 0 Å². The first-order chi connectivity index (χ1) is 9.58. The summed E-state index contributed by atoms with van der Waals surface area (Å²) in [5.41, 5.74) is 0. The van der Waals surface area contributed by atoms with Crippen LogP contribution in [0.1, 0.15) is 52.5 Å². The molecule has 114 valence electrons. The summed E-state index contributed by atoms with van der Waals surface area (Å²) in [4.78, 5) is 16.2. The van der Waals surface area contributed by atoms with Crippen molar-refractivity contribution in [1.29, 1.82) is 0 Å². The molecule has 0 aliphatic rings. The normalized spacial score (nSPS) is 14.2. The van der Waals surface area contributed by atoms with Gasteiger partial charge in [-0.05, 0) is 18.8 Å². The van der Waals surface area contributed by atoms with Crippen molar-refractivity contribution in [3.05, 3.63) is 18.7 Å². The average molecular weight is 281 g/mol. The molecule has 0 aliphatic heterocycles. The smallest absolute Gasteiger partial charge is 0.222 e. The van der Waals surface area contributed by atoms with Crippen molar-refractivity contribution in [3.8, 4) is 0 Å². The lowest BCUT2D eigenvalue weighted by Gasteiger charge is -2.23. The number of nitrogens with one attached hydrogen (secondary N) is 1. The number of imidazole rings is 1. The number of aromatic nitrogens is 2. The maximum absolute atomic E-state index is 12.2. The Morgan fingerprint density at radius 3 is 2.65 bits per heavy atom. The SMILES string of the molecule is CCCC(CC(=O)NC(CCO)C(C)C)n1ccnc1. The summed E-state index contributed by atoms with van der Waals surface area (Å²) in [6.07, 6.45) is 8.45. The highest BCUT2D eigenvalue weighted by atomic mass is 16.3. The van der Waals surface area contributed by atoms with Crippen molar-refractivity contribution in [2.45, 2.75) is 58.5 Å². The molecule has 0 fully saturated rings. The Hall–Kier alpha value is -1.36. The number of carbonyl (C=O) groups excluding carboxylic acids is 1. The van der Waals surface area contributed by atoms with Gasteiger partial charge in [0.25, 0.3) is 0 Å². The van der Waals surface area contributed by atoms with E-state index in [4.69, 9.17) is 5.11 Å². The van der Waals surface area contributed by atoms with Gasteiger partial charge in [-0.3, -0.25) is 4.79 Å². The Bertz CT molecular complexity index is 376. The third kappa shape index (κ3) is 5.33. The molecule has 1 amide bonds. The van der Waals surface area contributed by atoms with E-state index in [1.165, 1.54) is 0 Å². The molecule has 0 radical (unpaired) electrons. The van der Waals surface area contributed by atoms with Gasteiger partial charge < -0.3 is 15.0 Å². The Morgan fingerprint density at radius 2 is 2.15 bits per heavy atom. The van der Waals surface area contributed by atoms with Crippen LogP contribution in [0.3, 0.4) is 0 Å². The molecule has 1 rings (SSSR count). The highest BCUT2D eigenvalue weighted by Crippen LogP contribution is 2.18. The second-order valence-corrected chi connectivity index (χ2v) is 5.59. The molecule has 0 aliphatic carbocycles. The van der Waals surface area contributed by atoms with Crippen LogP contribution in [0.4, 0.5) is 0 Å². The number of hydrogen-bond donors (Lipinski definition) is 2. The van der Waals surface area contributed by atoms with Gasteiger partial charge in [0.1, 0.15) is 0 Å². The van der Waals surface area contributed by atoms with Crippen LogP contribution in [0.5, 0.6) is 0 Å². The summed E-state index contributed by atoms with van der Waals surface area (Å²) in [7, 11) is 0. The van der Waals surface area contributed by atoms with E-state index in [-0.39, 0.29) is 24.6 Å². The van der Waals surface area contributed by atoms with E-state index >= 15 is 0 Å². The summed E-state index contributed by atoms with van der Waals surface area (Å²) in [6, 6.07) is 0.196. The van der Waals surface area contributed by atoms with Crippen LogP contribution < -0.4 is 5.32 Å². The second kappa shape index (κ2) is 8.74. The second-order valence-electron chi connectivity index (χ2n) is 5.59. The van der Waals surface area contributed by atoms with Crippen molar-refractivity contribution >= 4 is 5.91 Å². The Labute approximate surface area is 121 Å². The summed E-state index contributed by atoms with van der Waals surface area (Å²) >= 11 is 0. The molecule has 1 aromatic heterocycles. The Balaban J connectivity index is 2.57. The molecular formula is C15H27N3O2. The van der Waals surface area contributed by atoms with E-state index < -0.39 is 0 Å². The maximum Gasteiger partial charge on any atom is 0.222 e. The van der Waals surface area contributed by atoms with Gasteiger partial charge in [0, 0.05) is 37.5 Å². The molecule has 0 saturated carbocycles. The van der Waals surface area contributed by atoms with Crippen LogP contribution in [0.25, 0.3) is 0 Å². The van der Waals surface area contributed by atoms with E-state index in [2.05, 4.69) is 31.1 Å². The van der Waals surface area contributed by atoms with Crippen LogP contribution in [0, 0.1) is 5.92 Å². The lowest BCUT2D eigenvalue weighted by molar-refractivity contribution is -0.123. The highest BCUT2D eigenvalue weighted by molar-refractivity contribution is 5.76. The average Bonchev–Trinajstić information content (AvgIpc) is 2.91. The third-order valence-corrected chi connectivity index (χ3v) is 3.58. The van der Waals surface area contributed by atoms with Crippen LogP contribution >= 0.6 is 0 Å². The first kappa shape index (κ1) is 16.7. The zero-order chi connectivity index (χ0) is 15.0. The Kier molecular flexibility index (Phi) is 7.30. The summed E-state index contributed by atoms with van der Waals surface area (Å²) < 4.78 is 2.00. The standard InChI is InChI=1S/C15H27N3O2/c1-4-5-13(18-8-7-16-11-18)10-15(20)17-14(6-9-19)12(2)3/h7-8,11-14,19H,4-6,9-10H2,1-3H3,(H,17,20). The topological polar surface area (TPSA) is 67.2 Å². The fourth-order valence-electron chi connectivity index (χ4n) is 2.37. The van der Waals surface area contributed by atoms with Gasteiger partial charge in [-0.15, -0.1) is 0 Å². The molecule has 5 nitrogen and oxygen atoms in total. The zero-order valence-electron chi connectivity index (χ0n) is 12.7. The minimum absolute atomic E-state index is 0.0394. The van der Waals surface area contributed by atoms with Crippen molar-refractivity contribution in [1.82, 2.24) is 14.9 Å². The van der Waals surface area contributed by atoms with Crippen molar-refractivity contribution < 1.29 is 9.90 Å². The van der Waals surface area contributed by atoms with Crippen LogP contribution in [-0.2, 0) is 4.79 Å². The molecule has 20 heavy (non-hydrogen) atoms. The lowest BCUT2D eigenvalue weighted by Crippen LogP contribution is -2.40. The first-order valence-corrected chi connectivity index (χ1v) is 7.46. The van der Waals surface area contributed by atoms with Crippen molar-refractivity contribution in [2.75, 3.05) is 6.61 Å². The maximum atomic E-state index is 12.2. The molecule has 5 heteroatoms. The number of rotatable bonds is 9. The summed E-state index contributed by atoms with van der Waals surface area (Å²) in [6.45, 7) is 6.33. The molecule has 0 aromatic carbocycles. The minimum Gasteiger partial charge on any atom is -0.396 e. The molecule has 0 spiro atoms. The highest BCUT2D eigenvalue weighted by Gasteiger charge is 2.19. The molecule has 2 atom stereocenters. The van der Waals surface area contributed by atoms with Gasteiger partial charge >= 0.3 is 0 Å². The first-order valence-electron chi connectivity index (χ1n) is 7.46. The van der Waals surface area contributed by atoms with Gasteiger partial charge in [0.2, 0.25) is 5.91 Å². The predicted molar refractivity (Wildman–Crippen MR) is 79.3 cm³/mol. The van der Waals surface area contributed by atoms with Gasteiger partial charge in [0.15, 0.2) is 0 Å². The van der Waals surface area contributed by atoms with Gasteiger partial charge in [0.05, 0.1) is 6.33 Å². The molecule has 2 unspecified atom stereocenters. The van der Waals surface area contributed by atoms with E-state index in [1.54, 1.807) is 12.5 Å². The molecule has 1 heterocycles. The number of amides is 1. The monoisotopic (exact) mass is 281 g/mol. The molecule has 0 bridgehead atoms. The van der Waals surface area contributed by atoms with Crippen LogP contribution in [0.2, 0.25) is 0 Å². The number of aliphatic hydroxyl groups is 1. The van der Waals surface area contributed by atoms with Gasteiger partial charge in [-0.25, -0.2) is 4.98 Å². The van der Waals surface area contributed by atoms with Gasteiger partial charge in [-0.1, -0.05) is 27.2 Å². The van der Waals surface area contributed by atoms with Crippen molar-refractivity contribution in [2.24, 2.45) is 5.92 Å².